The van der Waals surface area contributed by atoms with Gasteiger partial charge in [0.25, 0.3) is 15.6 Å². The summed E-state index contributed by atoms with van der Waals surface area (Å²) >= 11 is 0. The maximum Gasteiger partial charge on any atom is 0.306 e. The first-order chi connectivity index (χ1) is 48.7. The molecule has 0 aliphatic carbocycles. The van der Waals surface area contributed by atoms with Crippen molar-refractivity contribution >= 4 is 39.5 Å². The number of esters is 4. The van der Waals surface area contributed by atoms with Crippen LogP contribution in [0, 0.1) is 0 Å². The van der Waals surface area contributed by atoms with E-state index < -0.39 is 97.5 Å². The molecule has 0 saturated heterocycles. The zero-order chi connectivity index (χ0) is 73.2. The summed E-state index contributed by atoms with van der Waals surface area (Å²) in [6.45, 7) is 4.34. The summed E-state index contributed by atoms with van der Waals surface area (Å²) in [7, 11) is -10.5. The van der Waals surface area contributed by atoms with E-state index in [0.29, 0.717) is 25.7 Å². The van der Waals surface area contributed by atoms with Crippen LogP contribution in [0.15, 0.2) is 97.2 Å². The Balaban J connectivity index is 5.41. The molecule has 5 unspecified atom stereocenters. The number of phosphoric acid groups is 2. The highest BCUT2D eigenvalue weighted by molar-refractivity contribution is 7.46. The number of hydrogen-bond acceptors (Lipinski definition) is 17. The highest BCUT2D eigenvalue weighted by Crippen LogP contribution is 2.41. The average molecular weight is 1450 g/mol. The summed E-state index contributed by atoms with van der Waals surface area (Å²) in [5, 5.41) is 10.6. The number of carbonyl (C=O) groups excluding carboxylic acids is 4. The fraction of sp³-hybridized carbons (Fsp3) is 0.753. The third kappa shape index (κ3) is 72.3. The fourth-order valence-electron chi connectivity index (χ4n) is 10.4. The van der Waals surface area contributed by atoms with Gasteiger partial charge >= 0.3 is 23.9 Å². The summed E-state index contributed by atoms with van der Waals surface area (Å²) in [6.07, 6.45) is 76.0. The molecule has 17 nitrogen and oxygen atoms in total. The lowest BCUT2D eigenvalue weighted by atomic mass is 10.1. The Morgan fingerprint density at radius 2 is 0.500 bits per heavy atom. The van der Waals surface area contributed by atoms with Crippen LogP contribution in [0.25, 0.3) is 0 Å². The van der Waals surface area contributed by atoms with E-state index in [4.69, 9.17) is 37.0 Å². The van der Waals surface area contributed by atoms with Crippen LogP contribution < -0.4 is 9.79 Å². The molecule has 0 bridgehead atoms. The molecule has 0 fully saturated rings. The molecule has 0 heterocycles. The lowest BCUT2D eigenvalue weighted by Gasteiger charge is -2.28. The number of phosphoric ester groups is 2. The lowest BCUT2D eigenvalue weighted by Crippen LogP contribution is -2.31. The van der Waals surface area contributed by atoms with Gasteiger partial charge in [0.2, 0.25) is 0 Å². The maximum atomic E-state index is 13.0. The van der Waals surface area contributed by atoms with E-state index in [1.54, 1.807) is 0 Å². The third-order valence-corrected chi connectivity index (χ3v) is 18.3. The maximum absolute atomic E-state index is 13.0. The second-order valence-corrected chi connectivity index (χ2v) is 29.1. The second kappa shape index (κ2) is 73.3. The molecule has 1 N–H and O–H groups in total. The van der Waals surface area contributed by atoms with Crippen LogP contribution in [0.4, 0.5) is 0 Å². The quantitative estimate of drug-likeness (QED) is 0.0196. The molecular formula is C81H140O17P2-2. The summed E-state index contributed by atoms with van der Waals surface area (Å²) in [5.41, 5.74) is 0. The number of allylic oxidation sites excluding steroid dienone is 16. The first-order valence-corrected chi connectivity index (χ1v) is 42.4. The number of carbonyl (C=O) groups is 4. The van der Waals surface area contributed by atoms with Crippen molar-refractivity contribution in [3.05, 3.63) is 97.2 Å². The van der Waals surface area contributed by atoms with E-state index in [9.17, 15) is 43.2 Å². The van der Waals surface area contributed by atoms with Crippen LogP contribution in [0.2, 0.25) is 0 Å². The van der Waals surface area contributed by atoms with E-state index >= 15 is 0 Å². The fourth-order valence-corrected chi connectivity index (χ4v) is 11.9. The predicted octanol–water partition coefficient (Wildman–Crippen LogP) is 21.5. The molecule has 578 valence electrons. The van der Waals surface area contributed by atoms with E-state index in [-0.39, 0.29) is 25.7 Å². The molecule has 0 aromatic heterocycles. The molecule has 100 heavy (non-hydrogen) atoms. The number of aliphatic hydroxyl groups excluding tert-OH is 1. The topological polar surface area (TPSA) is 243 Å². The standard InChI is InChI=1S/C81H142O17P2/c1-5-9-13-17-21-25-29-33-37-41-45-49-53-57-61-65-78(83)91-71-76(97-80(85)67-63-59-55-51-47-43-39-35-31-27-23-19-15-11-7-3)73-95-99(87,88)93-69-75(82)70-94-100(89,90)96-74-77(98-81(86)68-64-60-56-52-48-44-40-36-32-28-24-20-16-12-8-4)72-92-79(84)66-62-58-54-50-46-42-38-34-30-26-22-18-14-10-6-2/h25-32,37-44,75-77,82H,5-24,33-36,45-74H2,1-4H3,(H,87,88)(H,89,90)/p-2/b29-25-,30-26+,31-27+,32-28-,41-37-,42-38-,43-39-,44-40-. The van der Waals surface area contributed by atoms with Crippen molar-refractivity contribution in [3.8, 4) is 0 Å². The Hall–Kier alpha value is -4.02. The van der Waals surface area contributed by atoms with Crippen molar-refractivity contribution in [1.82, 2.24) is 0 Å². The molecule has 0 amide bonds. The van der Waals surface area contributed by atoms with Crippen LogP contribution in [-0.4, -0.2) is 86.9 Å². The molecule has 0 aromatic carbocycles. The largest absolute Gasteiger partial charge is 0.756 e. The van der Waals surface area contributed by atoms with Crippen LogP contribution in [-0.2, 0) is 65.4 Å². The molecule has 0 aromatic rings. The Morgan fingerprint density at radius 1 is 0.290 bits per heavy atom. The Bertz CT molecular complexity index is 2120. The average Bonchev–Trinajstić information content (AvgIpc) is 1.01. The normalized spacial score (nSPS) is 14.4. The molecule has 0 spiro atoms. The van der Waals surface area contributed by atoms with Gasteiger partial charge in [0.1, 0.15) is 19.3 Å². The summed E-state index contributed by atoms with van der Waals surface area (Å²) in [5.74, 6) is -2.34. The number of aliphatic hydroxyl groups is 1. The molecule has 0 radical (unpaired) electrons. The van der Waals surface area contributed by atoms with Crippen molar-refractivity contribution in [2.75, 3.05) is 39.6 Å². The van der Waals surface area contributed by atoms with Gasteiger partial charge in [0, 0.05) is 25.7 Å². The molecule has 19 heteroatoms. The Labute approximate surface area is 607 Å². The lowest BCUT2D eigenvalue weighted by molar-refractivity contribution is -0.233. The van der Waals surface area contributed by atoms with Crippen LogP contribution >= 0.6 is 15.6 Å². The first kappa shape index (κ1) is 96.0. The second-order valence-electron chi connectivity index (χ2n) is 26.2. The molecule has 0 aliphatic rings. The van der Waals surface area contributed by atoms with Gasteiger partial charge in [-0.05, 0) is 154 Å². The number of rotatable bonds is 74. The minimum absolute atomic E-state index is 0.0480. The first-order valence-electron chi connectivity index (χ1n) is 39.4. The minimum Gasteiger partial charge on any atom is -0.756 e. The number of ether oxygens (including phenoxy) is 4. The van der Waals surface area contributed by atoms with Gasteiger partial charge in [-0.25, -0.2) is 0 Å². The zero-order valence-electron chi connectivity index (χ0n) is 63.0. The van der Waals surface area contributed by atoms with Gasteiger partial charge in [0.15, 0.2) is 12.2 Å². The van der Waals surface area contributed by atoms with E-state index in [1.165, 1.54) is 103 Å². The Morgan fingerprint density at radius 3 is 0.740 bits per heavy atom. The monoisotopic (exact) mass is 1450 g/mol. The third-order valence-electron chi connectivity index (χ3n) is 16.5. The smallest absolute Gasteiger partial charge is 0.306 e. The number of unbranched alkanes of at least 4 members (excludes halogenated alkanes) is 32. The molecule has 0 rings (SSSR count). The summed E-state index contributed by atoms with van der Waals surface area (Å²) in [6, 6.07) is 0. The Kier molecular flexibility index (Phi) is 70.4. The van der Waals surface area contributed by atoms with Crippen molar-refractivity contribution in [2.45, 2.75) is 354 Å². The van der Waals surface area contributed by atoms with Gasteiger partial charge in [-0.3, -0.25) is 28.3 Å². The van der Waals surface area contributed by atoms with Crippen LogP contribution in [0.1, 0.15) is 336 Å². The molecule has 0 aliphatic heterocycles. The van der Waals surface area contributed by atoms with Gasteiger partial charge < -0.3 is 51.9 Å². The summed E-state index contributed by atoms with van der Waals surface area (Å²) < 4.78 is 67.6. The number of hydrogen-bond donors (Lipinski definition) is 1. The van der Waals surface area contributed by atoms with E-state index in [0.717, 1.165) is 154 Å². The van der Waals surface area contributed by atoms with Gasteiger partial charge in [-0.1, -0.05) is 253 Å². The van der Waals surface area contributed by atoms with Crippen molar-refractivity contribution in [1.29, 1.82) is 0 Å². The predicted molar refractivity (Wildman–Crippen MR) is 404 cm³/mol. The van der Waals surface area contributed by atoms with Crippen LogP contribution in [0.5, 0.6) is 0 Å². The van der Waals surface area contributed by atoms with Crippen LogP contribution in [0.3, 0.4) is 0 Å². The summed E-state index contributed by atoms with van der Waals surface area (Å²) in [4.78, 5) is 77.6. The van der Waals surface area contributed by atoms with Gasteiger partial charge in [-0.15, -0.1) is 0 Å². The zero-order valence-corrected chi connectivity index (χ0v) is 64.8. The van der Waals surface area contributed by atoms with Crippen molar-refractivity contribution in [3.63, 3.8) is 0 Å². The van der Waals surface area contributed by atoms with Crippen molar-refractivity contribution in [2.24, 2.45) is 0 Å². The van der Waals surface area contributed by atoms with Gasteiger partial charge in [0.05, 0.1) is 26.4 Å². The molecule has 0 saturated carbocycles. The van der Waals surface area contributed by atoms with E-state index in [1.807, 2.05) is 0 Å². The SMILES string of the molecule is CCCCCC/C=C\C/C=C\CCCCCCC(=O)OCC(COP(=O)([O-])OCC(O)COP(=O)([O-])OCC(COC(=O)CCCCCC/C=C\C/C=C/CCCCCC)OC(=O)CCCCCC/C=C\C/C=C\CCCCCC)OC(=O)CCCCCC/C=C\C/C=C/CCCCCC. The minimum atomic E-state index is -5.25. The van der Waals surface area contributed by atoms with E-state index in [2.05, 4.69) is 125 Å². The van der Waals surface area contributed by atoms with Crippen molar-refractivity contribution < 1.29 is 80.2 Å². The highest BCUT2D eigenvalue weighted by Gasteiger charge is 2.25. The molecule has 5 atom stereocenters. The molecular weight excluding hydrogens is 1310 g/mol. The highest BCUT2D eigenvalue weighted by atomic mass is 31.2. The van der Waals surface area contributed by atoms with Gasteiger partial charge in [-0.2, -0.15) is 0 Å².